The number of hydrogen-bond acceptors (Lipinski definition) is 2. The standard InChI is InChI=1S/C16H23N3O/c1-2-15(14-8-10-17-11-9-14)19-16(20)18-12-13-6-4-3-5-7-13/h3-4,8-11,13,15H,2,5-7,12H2,1H3,(H2,18,19,20)/t13-,15+/m0/s1. The Hall–Kier alpha value is -1.84. The monoisotopic (exact) mass is 273 g/mol. The van der Waals surface area contributed by atoms with Crippen LogP contribution < -0.4 is 10.6 Å². The van der Waals surface area contributed by atoms with E-state index in [1.54, 1.807) is 12.4 Å². The molecule has 2 N–H and O–H groups in total. The summed E-state index contributed by atoms with van der Waals surface area (Å²) in [6.07, 6.45) is 12.2. The van der Waals surface area contributed by atoms with Gasteiger partial charge >= 0.3 is 6.03 Å². The fourth-order valence-corrected chi connectivity index (χ4v) is 2.50. The molecule has 1 aromatic rings. The average molecular weight is 273 g/mol. The normalized spacial score (nSPS) is 19.4. The first-order chi connectivity index (χ1) is 9.79. The molecule has 0 fully saturated rings. The molecule has 0 radical (unpaired) electrons. The van der Waals surface area contributed by atoms with Gasteiger partial charge in [0.05, 0.1) is 6.04 Å². The van der Waals surface area contributed by atoms with Crippen molar-refractivity contribution in [2.45, 2.75) is 38.6 Å². The minimum absolute atomic E-state index is 0.0456. The number of allylic oxidation sites excluding steroid dienone is 2. The largest absolute Gasteiger partial charge is 0.338 e. The van der Waals surface area contributed by atoms with E-state index in [4.69, 9.17) is 0 Å². The maximum Gasteiger partial charge on any atom is 0.315 e. The molecule has 108 valence electrons. The summed E-state index contributed by atoms with van der Waals surface area (Å²) in [4.78, 5) is 16.0. The van der Waals surface area contributed by atoms with Crippen LogP contribution in [0.2, 0.25) is 0 Å². The topological polar surface area (TPSA) is 54.0 Å². The average Bonchev–Trinajstić information content (AvgIpc) is 2.52. The van der Waals surface area contributed by atoms with Crippen LogP contribution >= 0.6 is 0 Å². The molecule has 2 atom stereocenters. The molecular formula is C16H23N3O. The van der Waals surface area contributed by atoms with Crippen LogP contribution in [0.3, 0.4) is 0 Å². The summed E-state index contributed by atoms with van der Waals surface area (Å²) in [5.74, 6) is 0.576. The van der Waals surface area contributed by atoms with E-state index in [2.05, 4.69) is 34.7 Å². The van der Waals surface area contributed by atoms with Crippen LogP contribution in [-0.2, 0) is 0 Å². The third kappa shape index (κ3) is 4.37. The van der Waals surface area contributed by atoms with Crippen LogP contribution in [-0.4, -0.2) is 17.6 Å². The SMILES string of the molecule is CC[C@@H](NC(=O)NC[C@H]1CC=CCC1)c1ccncc1. The molecule has 4 nitrogen and oxygen atoms in total. The smallest absolute Gasteiger partial charge is 0.315 e. The summed E-state index contributed by atoms with van der Waals surface area (Å²) >= 11 is 0. The summed E-state index contributed by atoms with van der Waals surface area (Å²) in [7, 11) is 0. The lowest BCUT2D eigenvalue weighted by Gasteiger charge is -2.21. The second-order valence-corrected chi connectivity index (χ2v) is 5.25. The number of carbonyl (C=O) groups excluding carboxylic acids is 1. The van der Waals surface area contributed by atoms with Crippen molar-refractivity contribution < 1.29 is 4.79 Å². The molecule has 1 aliphatic carbocycles. The molecule has 20 heavy (non-hydrogen) atoms. The van der Waals surface area contributed by atoms with E-state index in [1.165, 1.54) is 6.42 Å². The van der Waals surface area contributed by atoms with Crippen molar-refractivity contribution in [3.63, 3.8) is 0 Å². The van der Waals surface area contributed by atoms with Gasteiger partial charge in [0.25, 0.3) is 0 Å². The zero-order valence-corrected chi connectivity index (χ0v) is 12.0. The lowest BCUT2D eigenvalue weighted by Crippen LogP contribution is -2.40. The van der Waals surface area contributed by atoms with Crippen LogP contribution in [0.1, 0.15) is 44.2 Å². The molecule has 0 aliphatic heterocycles. The number of hydrogen-bond donors (Lipinski definition) is 2. The second-order valence-electron chi connectivity index (χ2n) is 5.25. The highest BCUT2D eigenvalue weighted by Gasteiger charge is 2.14. The highest BCUT2D eigenvalue weighted by molar-refractivity contribution is 5.74. The Morgan fingerprint density at radius 2 is 2.20 bits per heavy atom. The molecule has 2 rings (SSSR count). The Morgan fingerprint density at radius 1 is 1.40 bits per heavy atom. The van der Waals surface area contributed by atoms with Crippen LogP contribution in [0, 0.1) is 5.92 Å². The van der Waals surface area contributed by atoms with Crippen molar-refractivity contribution in [3.05, 3.63) is 42.2 Å². The van der Waals surface area contributed by atoms with Gasteiger partial charge < -0.3 is 10.6 Å². The molecule has 2 amide bonds. The van der Waals surface area contributed by atoms with Crippen molar-refractivity contribution in [3.8, 4) is 0 Å². The lowest BCUT2D eigenvalue weighted by molar-refractivity contribution is 0.234. The third-order valence-electron chi connectivity index (χ3n) is 3.75. The van der Waals surface area contributed by atoms with E-state index >= 15 is 0 Å². The number of rotatable bonds is 5. The fourth-order valence-electron chi connectivity index (χ4n) is 2.50. The van der Waals surface area contributed by atoms with Crippen LogP contribution in [0.25, 0.3) is 0 Å². The van der Waals surface area contributed by atoms with Crippen LogP contribution in [0.15, 0.2) is 36.7 Å². The summed E-state index contributed by atoms with van der Waals surface area (Å²) in [6.45, 7) is 2.82. The lowest BCUT2D eigenvalue weighted by atomic mass is 9.94. The van der Waals surface area contributed by atoms with Gasteiger partial charge in [-0.2, -0.15) is 0 Å². The molecule has 0 saturated carbocycles. The van der Waals surface area contributed by atoms with Crippen molar-refractivity contribution >= 4 is 6.03 Å². The molecule has 1 aromatic heterocycles. The van der Waals surface area contributed by atoms with Crippen molar-refractivity contribution in [1.82, 2.24) is 15.6 Å². The first kappa shape index (κ1) is 14.6. The van der Waals surface area contributed by atoms with Crippen molar-refractivity contribution in [2.24, 2.45) is 5.92 Å². The summed E-state index contributed by atoms with van der Waals surface area (Å²) in [5, 5.41) is 6.01. The minimum Gasteiger partial charge on any atom is -0.338 e. The molecule has 4 heteroatoms. The van der Waals surface area contributed by atoms with Crippen LogP contribution in [0.5, 0.6) is 0 Å². The van der Waals surface area contributed by atoms with Gasteiger partial charge in [-0.3, -0.25) is 4.98 Å². The van der Waals surface area contributed by atoms with E-state index in [9.17, 15) is 4.79 Å². The van der Waals surface area contributed by atoms with Gasteiger partial charge in [-0.15, -0.1) is 0 Å². The van der Waals surface area contributed by atoms with Crippen molar-refractivity contribution in [2.75, 3.05) is 6.54 Å². The first-order valence-corrected chi connectivity index (χ1v) is 7.39. The molecule has 0 bridgehead atoms. The predicted octanol–water partition coefficient (Wildman–Crippen LogP) is 3.19. The molecule has 0 spiro atoms. The van der Waals surface area contributed by atoms with E-state index in [-0.39, 0.29) is 12.1 Å². The Balaban J connectivity index is 1.79. The molecular weight excluding hydrogens is 250 g/mol. The number of amides is 2. The Kier molecular flexibility index (Phi) is 5.59. The van der Waals surface area contributed by atoms with Gasteiger partial charge in [0, 0.05) is 18.9 Å². The van der Waals surface area contributed by atoms with Crippen molar-refractivity contribution in [1.29, 1.82) is 0 Å². The maximum atomic E-state index is 12.0. The van der Waals surface area contributed by atoms with Gasteiger partial charge in [-0.25, -0.2) is 4.79 Å². The fraction of sp³-hybridized carbons (Fsp3) is 0.500. The first-order valence-electron chi connectivity index (χ1n) is 7.39. The summed E-state index contributed by atoms with van der Waals surface area (Å²) < 4.78 is 0. The third-order valence-corrected chi connectivity index (χ3v) is 3.75. The number of nitrogens with one attached hydrogen (secondary N) is 2. The van der Waals surface area contributed by atoms with Gasteiger partial charge in [-0.05, 0) is 49.3 Å². The van der Waals surface area contributed by atoms with E-state index in [0.29, 0.717) is 5.92 Å². The highest BCUT2D eigenvalue weighted by Crippen LogP contribution is 2.17. The van der Waals surface area contributed by atoms with Gasteiger partial charge in [0.1, 0.15) is 0 Å². The predicted molar refractivity (Wildman–Crippen MR) is 80.3 cm³/mol. The van der Waals surface area contributed by atoms with Gasteiger partial charge in [-0.1, -0.05) is 19.1 Å². The Bertz CT molecular complexity index is 444. The number of pyridine rings is 1. The Labute approximate surface area is 120 Å². The number of aromatic nitrogens is 1. The van der Waals surface area contributed by atoms with E-state index in [0.717, 1.165) is 31.4 Å². The van der Waals surface area contributed by atoms with Gasteiger partial charge in [0.15, 0.2) is 0 Å². The molecule has 0 aromatic carbocycles. The zero-order valence-electron chi connectivity index (χ0n) is 12.0. The maximum absolute atomic E-state index is 12.0. The number of urea groups is 1. The number of nitrogens with zero attached hydrogens (tertiary/aromatic N) is 1. The molecule has 0 saturated heterocycles. The highest BCUT2D eigenvalue weighted by atomic mass is 16.2. The minimum atomic E-state index is -0.0804. The zero-order chi connectivity index (χ0) is 14.2. The van der Waals surface area contributed by atoms with Gasteiger partial charge in [0.2, 0.25) is 0 Å². The quantitative estimate of drug-likeness (QED) is 0.809. The molecule has 1 heterocycles. The molecule has 1 aliphatic rings. The van der Waals surface area contributed by atoms with Crippen LogP contribution in [0.4, 0.5) is 4.79 Å². The van der Waals surface area contributed by atoms with E-state index < -0.39 is 0 Å². The summed E-state index contributed by atoms with van der Waals surface area (Å²) in [6, 6.07) is 3.85. The molecule has 0 unspecified atom stereocenters. The van der Waals surface area contributed by atoms with E-state index in [1.807, 2.05) is 12.1 Å². The number of carbonyl (C=O) groups is 1. The second kappa shape index (κ2) is 7.68. The summed E-state index contributed by atoms with van der Waals surface area (Å²) in [5.41, 5.74) is 1.10. The Morgan fingerprint density at radius 3 is 2.85 bits per heavy atom.